The summed E-state index contributed by atoms with van der Waals surface area (Å²) in [4.78, 5) is 25.6. The van der Waals surface area contributed by atoms with Crippen molar-refractivity contribution in [1.82, 2.24) is 15.3 Å². The molecule has 2 aromatic rings. The normalized spacial score (nSPS) is 23.8. The third-order valence-electron chi connectivity index (χ3n) is 6.23. The van der Waals surface area contributed by atoms with E-state index in [1.807, 2.05) is 0 Å². The van der Waals surface area contributed by atoms with E-state index in [1.54, 1.807) is 11.3 Å². The van der Waals surface area contributed by atoms with Crippen LogP contribution in [0, 0.1) is 12.8 Å². The van der Waals surface area contributed by atoms with E-state index >= 15 is 0 Å². The molecule has 1 aliphatic heterocycles. The molecule has 0 radical (unpaired) electrons. The summed E-state index contributed by atoms with van der Waals surface area (Å²) in [7, 11) is 0. The van der Waals surface area contributed by atoms with Gasteiger partial charge in [0.1, 0.15) is 0 Å². The third kappa shape index (κ3) is 5.09. The van der Waals surface area contributed by atoms with E-state index in [4.69, 9.17) is 14.7 Å². The first-order chi connectivity index (χ1) is 14.9. The second kappa shape index (κ2) is 8.51. The first-order valence-corrected chi connectivity index (χ1v) is 12.4. The molecule has 0 unspecified atom stereocenters. The highest BCUT2D eigenvalue weighted by Crippen LogP contribution is 2.42. The molecule has 31 heavy (non-hydrogen) atoms. The number of ether oxygens (including phenoxy) is 1. The highest BCUT2D eigenvalue weighted by Gasteiger charge is 2.29. The van der Waals surface area contributed by atoms with Gasteiger partial charge in [-0.05, 0) is 70.1 Å². The van der Waals surface area contributed by atoms with Crippen molar-refractivity contribution >= 4 is 22.4 Å². The van der Waals surface area contributed by atoms with Gasteiger partial charge in [-0.1, -0.05) is 11.3 Å². The molecule has 166 valence electrons. The maximum absolute atomic E-state index is 12.3. The Hall–Kier alpha value is -1.99. The zero-order valence-electron chi connectivity index (χ0n) is 18.7. The molecular formula is C24H32N4O2S. The molecule has 2 saturated carbocycles. The Morgan fingerprint density at radius 3 is 2.58 bits per heavy atom. The highest BCUT2D eigenvalue weighted by molar-refractivity contribution is 7.19. The van der Waals surface area contributed by atoms with Gasteiger partial charge in [0.15, 0.2) is 5.13 Å². The van der Waals surface area contributed by atoms with Gasteiger partial charge >= 0.3 is 0 Å². The van der Waals surface area contributed by atoms with Crippen LogP contribution in [0.25, 0.3) is 10.4 Å². The summed E-state index contributed by atoms with van der Waals surface area (Å²) in [5.74, 6) is 1.33. The van der Waals surface area contributed by atoms with Crippen molar-refractivity contribution in [3.05, 3.63) is 29.2 Å². The van der Waals surface area contributed by atoms with Gasteiger partial charge in [0.05, 0.1) is 29.3 Å². The number of hydrogen-bond donors (Lipinski definition) is 1. The lowest BCUT2D eigenvalue weighted by Crippen LogP contribution is -2.45. The van der Waals surface area contributed by atoms with E-state index in [-0.39, 0.29) is 18.1 Å². The third-order valence-corrected chi connectivity index (χ3v) is 7.44. The molecule has 5 rings (SSSR count). The van der Waals surface area contributed by atoms with Gasteiger partial charge in [-0.25, -0.2) is 4.98 Å². The van der Waals surface area contributed by atoms with Crippen LogP contribution >= 0.6 is 11.3 Å². The first-order valence-electron chi connectivity index (χ1n) is 11.6. The van der Waals surface area contributed by atoms with Crippen LogP contribution < -0.4 is 10.2 Å². The SMILES string of the molecule is Cc1cc(-c2sc(N3C[C@@H](C)O[C@@H](C)C3)nc2CNC(=O)CC2CC2)cc(C2CC2)n1. The molecule has 1 saturated heterocycles. The van der Waals surface area contributed by atoms with Crippen LogP contribution in [0.3, 0.4) is 0 Å². The van der Waals surface area contributed by atoms with Gasteiger partial charge in [0.25, 0.3) is 0 Å². The molecule has 0 aromatic carbocycles. The number of aryl methyl sites for hydroxylation is 1. The lowest BCUT2D eigenvalue weighted by Gasteiger charge is -2.35. The Kier molecular flexibility index (Phi) is 5.73. The van der Waals surface area contributed by atoms with Crippen molar-refractivity contribution in [3.63, 3.8) is 0 Å². The van der Waals surface area contributed by atoms with Crippen LogP contribution in [0.1, 0.15) is 69.0 Å². The maximum Gasteiger partial charge on any atom is 0.220 e. The monoisotopic (exact) mass is 440 g/mol. The topological polar surface area (TPSA) is 67.3 Å². The van der Waals surface area contributed by atoms with E-state index in [2.05, 4.69) is 43.1 Å². The minimum absolute atomic E-state index is 0.140. The highest BCUT2D eigenvalue weighted by atomic mass is 32.1. The number of morpholine rings is 1. The van der Waals surface area contributed by atoms with Gasteiger partial charge in [-0.3, -0.25) is 9.78 Å². The van der Waals surface area contributed by atoms with Crippen molar-refractivity contribution in [1.29, 1.82) is 0 Å². The van der Waals surface area contributed by atoms with Crippen molar-refractivity contribution < 1.29 is 9.53 Å². The van der Waals surface area contributed by atoms with Gasteiger partial charge in [0.2, 0.25) is 5.91 Å². The minimum atomic E-state index is 0.140. The molecule has 0 bridgehead atoms. The number of carbonyl (C=O) groups is 1. The zero-order valence-corrected chi connectivity index (χ0v) is 19.5. The predicted octanol–water partition coefficient (Wildman–Crippen LogP) is 4.42. The number of nitrogens with one attached hydrogen (secondary N) is 1. The molecule has 0 spiro atoms. The summed E-state index contributed by atoms with van der Waals surface area (Å²) in [5, 5.41) is 4.14. The Morgan fingerprint density at radius 2 is 1.90 bits per heavy atom. The molecule has 2 aromatic heterocycles. The minimum Gasteiger partial charge on any atom is -0.372 e. The lowest BCUT2D eigenvalue weighted by atomic mass is 10.1. The Labute approximate surface area is 188 Å². The fraction of sp³-hybridized carbons (Fsp3) is 0.625. The zero-order chi connectivity index (χ0) is 21.5. The smallest absolute Gasteiger partial charge is 0.220 e. The van der Waals surface area contributed by atoms with Crippen molar-refractivity contribution in [2.24, 2.45) is 5.92 Å². The fourth-order valence-corrected chi connectivity index (χ4v) is 5.49. The van der Waals surface area contributed by atoms with Crippen LogP contribution in [0.5, 0.6) is 0 Å². The van der Waals surface area contributed by atoms with Gasteiger partial charge in [0, 0.05) is 36.8 Å². The Bertz CT molecular complexity index is 956. The molecule has 6 nitrogen and oxygen atoms in total. The molecule has 3 aliphatic rings. The number of rotatable bonds is 7. The summed E-state index contributed by atoms with van der Waals surface area (Å²) >= 11 is 1.73. The molecule has 1 N–H and O–H groups in total. The number of carbonyl (C=O) groups excluding carboxylic acids is 1. The van der Waals surface area contributed by atoms with Gasteiger partial charge < -0.3 is 15.0 Å². The van der Waals surface area contributed by atoms with Crippen LogP contribution in [-0.2, 0) is 16.1 Å². The van der Waals surface area contributed by atoms with Crippen LogP contribution in [0.2, 0.25) is 0 Å². The Balaban J connectivity index is 1.44. The number of hydrogen-bond acceptors (Lipinski definition) is 6. The fourth-order valence-electron chi connectivity index (χ4n) is 4.41. The molecule has 2 aliphatic carbocycles. The summed E-state index contributed by atoms with van der Waals surface area (Å²) in [6, 6.07) is 4.39. The van der Waals surface area contributed by atoms with E-state index in [1.165, 1.54) is 36.9 Å². The quantitative estimate of drug-likeness (QED) is 0.690. The van der Waals surface area contributed by atoms with E-state index in [0.717, 1.165) is 34.5 Å². The van der Waals surface area contributed by atoms with Crippen molar-refractivity contribution in [2.75, 3.05) is 18.0 Å². The van der Waals surface area contributed by atoms with Crippen LogP contribution in [0.15, 0.2) is 12.1 Å². The lowest BCUT2D eigenvalue weighted by molar-refractivity contribution is -0.121. The maximum atomic E-state index is 12.3. The van der Waals surface area contributed by atoms with E-state index < -0.39 is 0 Å². The molecule has 3 fully saturated rings. The number of pyridine rings is 1. The molecule has 1 amide bonds. The van der Waals surface area contributed by atoms with E-state index in [9.17, 15) is 4.79 Å². The summed E-state index contributed by atoms with van der Waals surface area (Å²) in [5.41, 5.74) is 4.39. The number of thiazole rings is 1. The van der Waals surface area contributed by atoms with Crippen molar-refractivity contribution in [3.8, 4) is 10.4 Å². The predicted molar refractivity (Wildman–Crippen MR) is 123 cm³/mol. The number of anilines is 1. The largest absolute Gasteiger partial charge is 0.372 e. The standard InChI is InChI=1S/C24H32N4O2S/c1-14-8-19(10-20(26-14)18-6-7-18)23-21(11-25-22(29)9-17-4-5-17)27-24(31-23)28-12-15(2)30-16(3)13-28/h8,10,15-18H,4-7,9,11-13H2,1-3H3,(H,25,29)/t15-,16+. The van der Waals surface area contributed by atoms with Crippen LogP contribution in [0.4, 0.5) is 5.13 Å². The number of nitrogens with zero attached hydrogens (tertiary/aromatic N) is 3. The van der Waals surface area contributed by atoms with E-state index in [0.29, 0.717) is 24.8 Å². The second-order valence-electron chi connectivity index (χ2n) is 9.56. The first kappa shape index (κ1) is 20.9. The van der Waals surface area contributed by atoms with Gasteiger partial charge in [-0.2, -0.15) is 0 Å². The van der Waals surface area contributed by atoms with Gasteiger partial charge in [-0.15, -0.1) is 0 Å². The Morgan fingerprint density at radius 1 is 1.16 bits per heavy atom. The summed E-state index contributed by atoms with van der Waals surface area (Å²) < 4.78 is 5.92. The molecular weight excluding hydrogens is 408 g/mol. The number of aromatic nitrogens is 2. The number of amides is 1. The second-order valence-corrected chi connectivity index (χ2v) is 10.5. The summed E-state index contributed by atoms with van der Waals surface area (Å²) in [6.07, 6.45) is 5.85. The average molecular weight is 441 g/mol. The molecule has 7 heteroatoms. The van der Waals surface area contributed by atoms with Crippen molar-refractivity contribution in [2.45, 2.75) is 77.5 Å². The average Bonchev–Trinajstić information content (AvgIpc) is 3.64. The molecule has 3 heterocycles. The van der Waals surface area contributed by atoms with Crippen LogP contribution in [-0.4, -0.2) is 41.2 Å². The summed E-state index contributed by atoms with van der Waals surface area (Å²) in [6.45, 7) is 8.46. The molecule has 2 atom stereocenters.